The Kier molecular flexibility index (Phi) is 4.90. The van der Waals surface area contributed by atoms with Crippen LogP contribution in [0.1, 0.15) is 27.7 Å². The van der Waals surface area contributed by atoms with Crippen molar-refractivity contribution in [3.63, 3.8) is 0 Å². The lowest BCUT2D eigenvalue weighted by Gasteiger charge is -2.34. The van der Waals surface area contributed by atoms with E-state index in [2.05, 4.69) is 39.2 Å². The highest BCUT2D eigenvalue weighted by molar-refractivity contribution is 7.98. The zero-order chi connectivity index (χ0) is 13.1. The average Bonchev–Trinajstić information content (AvgIpc) is 2.24. The Hall–Kier alpha value is -0.670. The topological polar surface area (TPSA) is 35.2 Å². The van der Waals surface area contributed by atoms with Gasteiger partial charge in [0.15, 0.2) is 0 Å². The Morgan fingerprint density at radius 2 is 1.71 bits per heavy atom. The van der Waals surface area contributed by atoms with Gasteiger partial charge in [-0.15, -0.1) is 11.8 Å². The molecule has 0 aromatic heterocycles. The van der Waals surface area contributed by atoms with Crippen molar-refractivity contribution in [2.24, 2.45) is 11.1 Å². The summed E-state index contributed by atoms with van der Waals surface area (Å²) in [7, 11) is 0. The van der Waals surface area contributed by atoms with Gasteiger partial charge in [0, 0.05) is 16.4 Å². The molecule has 1 aromatic rings. The summed E-state index contributed by atoms with van der Waals surface area (Å²) in [6, 6.07) is 8.16. The minimum absolute atomic E-state index is 0.00947. The third-order valence-corrected chi connectivity index (χ3v) is 3.40. The highest BCUT2D eigenvalue weighted by Crippen LogP contribution is 2.27. The molecule has 0 saturated carbocycles. The molecule has 2 nitrogen and oxygen atoms in total. The minimum atomic E-state index is 0.00947. The van der Waals surface area contributed by atoms with Crippen LogP contribution in [-0.4, -0.2) is 18.4 Å². The maximum Gasteiger partial charge on any atom is 0.119 e. The van der Waals surface area contributed by atoms with Crippen LogP contribution >= 0.6 is 11.8 Å². The molecule has 2 N–H and O–H groups in total. The van der Waals surface area contributed by atoms with E-state index in [1.54, 1.807) is 11.8 Å². The van der Waals surface area contributed by atoms with Crippen molar-refractivity contribution < 1.29 is 4.74 Å². The molecule has 0 aliphatic heterocycles. The van der Waals surface area contributed by atoms with E-state index >= 15 is 0 Å². The number of nitrogens with two attached hydrogens (primary N) is 1. The van der Waals surface area contributed by atoms with Crippen LogP contribution < -0.4 is 10.5 Å². The fourth-order valence-electron chi connectivity index (χ4n) is 1.87. The van der Waals surface area contributed by atoms with E-state index in [1.165, 1.54) is 4.90 Å². The molecule has 1 rings (SSSR count). The lowest BCUT2D eigenvalue weighted by molar-refractivity contribution is 0.0684. The van der Waals surface area contributed by atoms with Crippen molar-refractivity contribution in [3.8, 4) is 5.75 Å². The van der Waals surface area contributed by atoms with E-state index in [-0.39, 0.29) is 17.6 Å². The summed E-state index contributed by atoms with van der Waals surface area (Å²) in [6.45, 7) is 8.44. The Morgan fingerprint density at radius 3 is 2.06 bits per heavy atom. The van der Waals surface area contributed by atoms with Gasteiger partial charge in [-0.25, -0.2) is 0 Å². The third-order valence-electron chi connectivity index (χ3n) is 2.65. The Morgan fingerprint density at radius 1 is 1.18 bits per heavy atom. The van der Waals surface area contributed by atoms with Crippen LogP contribution in [0.25, 0.3) is 0 Å². The summed E-state index contributed by atoms with van der Waals surface area (Å²) in [5.74, 6) is 0.889. The van der Waals surface area contributed by atoms with Gasteiger partial charge in [0.1, 0.15) is 11.9 Å². The van der Waals surface area contributed by atoms with Gasteiger partial charge in [-0.1, -0.05) is 20.8 Å². The average molecular weight is 253 g/mol. The summed E-state index contributed by atoms with van der Waals surface area (Å²) in [5, 5.41) is 0. The Labute approximate surface area is 109 Å². The molecule has 3 heteroatoms. The molecule has 0 radical (unpaired) electrons. The summed E-state index contributed by atoms with van der Waals surface area (Å²) >= 11 is 1.73. The van der Waals surface area contributed by atoms with Gasteiger partial charge < -0.3 is 10.5 Å². The molecule has 1 aromatic carbocycles. The van der Waals surface area contributed by atoms with Crippen LogP contribution in [0.5, 0.6) is 5.75 Å². The number of rotatable bonds is 4. The summed E-state index contributed by atoms with van der Waals surface area (Å²) in [4.78, 5) is 1.24. The van der Waals surface area contributed by atoms with Crippen LogP contribution in [0.4, 0.5) is 0 Å². The molecule has 2 atom stereocenters. The molecule has 0 heterocycles. The number of benzene rings is 1. The Bertz CT molecular complexity index is 340. The fourth-order valence-corrected chi connectivity index (χ4v) is 2.28. The van der Waals surface area contributed by atoms with Crippen LogP contribution in [-0.2, 0) is 0 Å². The molecule has 2 unspecified atom stereocenters. The lowest BCUT2D eigenvalue weighted by Crippen LogP contribution is -2.45. The smallest absolute Gasteiger partial charge is 0.119 e. The quantitative estimate of drug-likeness (QED) is 0.833. The molecule has 96 valence electrons. The van der Waals surface area contributed by atoms with E-state index in [1.807, 2.05) is 19.1 Å². The molecule has 0 fully saturated rings. The first kappa shape index (κ1) is 14.4. The Balaban J connectivity index is 2.79. The second-order valence-electron chi connectivity index (χ2n) is 5.44. The summed E-state index contributed by atoms with van der Waals surface area (Å²) in [6.07, 6.45) is 2.08. The molecule has 0 bridgehead atoms. The number of ether oxygens (including phenoxy) is 1. The van der Waals surface area contributed by atoms with Crippen molar-refractivity contribution in [3.05, 3.63) is 24.3 Å². The van der Waals surface area contributed by atoms with E-state index in [4.69, 9.17) is 10.5 Å². The van der Waals surface area contributed by atoms with E-state index in [9.17, 15) is 0 Å². The van der Waals surface area contributed by atoms with E-state index in [0.717, 1.165) is 5.75 Å². The van der Waals surface area contributed by atoms with Crippen molar-refractivity contribution in [2.75, 3.05) is 6.26 Å². The van der Waals surface area contributed by atoms with Crippen molar-refractivity contribution in [1.29, 1.82) is 0 Å². The van der Waals surface area contributed by atoms with Gasteiger partial charge in [-0.3, -0.25) is 0 Å². The maximum atomic E-state index is 6.01. The SMILES string of the molecule is CSc1ccc(OC(C(C)N)C(C)(C)C)cc1. The molecule has 0 aliphatic carbocycles. The second kappa shape index (κ2) is 5.78. The third kappa shape index (κ3) is 4.25. The molecule has 0 saturated heterocycles. The molecule has 0 amide bonds. The van der Waals surface area contributed by atoms with E-state index < -0.39 is 0 Å². The number of thioether (sulfide) groups is 1. The van der Waals surface area contributed by atoms with Crippen LogP contribution in [0.2, 0.25) is 0 Å². The standard InChI is InChI=1S/C14H23NOS/c1-10(15)13(14(2,3)4)16-11-6-8-12(17-5)9-7-11/h6-10,13H,15H2,1-5H3. The van der Waals surface area contributed by atoms with Crippen LogP contribution in [0.3, 0.4) is 0 Å². The first-order valence-electron chi connectivity index (χ1n) is 5.91. The minimum Gasteiger partial charge on any atom is -0.488 e. The number of hydrogen-bond donors (Lipinski definition) is 1. The van der Waals surface area contributed by atoms with Gasteiger partial charge in [-0.05, 0) is 37.4 Å². The largest absolute Gasteiger partial charge is 0.488 e. The first-order valence-corrected chi connectivity index (χ1v) is 7.13. The van der Waals surface area contributed by atoms with Crippen molar-refractivity contribution >= 4 is 11.8 Å². The van der Waals surface area contributed by atoms with Gasteiger partial charge in [-0.2, -0.15) is 0 Å². The summed E-state index contributed by atoms with van der Waals surface area (Å²) < 4.78 is 6.01. The maximum absolute atomic E-state index is 6.01. The molecular weight excluding hydrogens is 230 g/mol. The van der Waals surface area contributed by atoms with Crippen LogP contribution in [0.15, 0.2) is 29.2 Å². The first-order chi connectivity index (χ1) is 7.84. The zero-order valence-electron chi connectivity index (χ0n) is 11.4. The van der Waals surface area contributed by atoms with Gasteiger partial charge in [0.05, 0.1) is 0 Å². The van der Waals surface area contributed by atoms with Crippen molar-refractivity contribution in [2.45, 2.75) is 44.7 Å². The second-order valence-corrected chi connectivity index (χ2v) is 6.32. The molecule has 0 spiro atoms. The lowest BCUT2D eigenvalue weighted by atomic mass is 9.85. The zero-order valence-corrected chi connectivity index (χ0v) is 12.2. The normalized spacial score (nSPS) is 15.4. The number of hydrogen-bond acceptors (Lipinski definition) is 3. The monoisotopic (exact) mass is 253 g/mol. The highest BCUT2D eigenvalue weighted by atomic mass is 32.2. The van der Waals surface area contributed by atoms with E-state index in [0.29, 0.717) is 0 Å². The fraction of sp³-hybridized carbons (Fsp3) is 0.571. The van der Waals surface area contributed by atoms with Gasteiger partial charge >= 0.3 is 0 Å². The predicted molar refractivity (Wildman–Crippen MR) is 75.7 cm³/mol. The van der Waals surface area contributed by atoms with Crippen molar-refractivity contribution in [1.82, 2.24) is 0 Å². The van der Waals surface area contributed by atoms with Crippen LogP contribution in [0, 0.1) is 5.41 Å². The van der Waals surface area contributed by atoms with Gasteiger partial charge in [0.25, 0.3) is 0 Å². The summed E-state index contributed by atoms with van der Waals surface area (Å²) in [5.41, 5.74) is 6.03. The molecule has 17 heavy (non-hydrogen) atoms. The molecule has 0 aliphatic rings. The van der Waals surface area contributed by atoms with Gasteiger partial charge in [0.2, 0.25) is 0 Å². The highest BCUT2D eigenvalue weighted by Gasteiger charge is 2.29. The predicted octanol–water partition coefficient (Wildman–Crippen LogP) is 3.55. The molecular formula is C14H23NOS.